The molecule has 1 aromatic rings. The van der Waals surface area contributed by atoms with Gasteiger partial charge in [0.2, 0.25) is 0 Å². The molecule has 2 N–H and O–H groups in total. The zero-order chi connectivity index (χ0) is 16.3. The summed E-state index contributed by atoms with van der Waals surface area (Å²) >= 11 is 0. The number of benzene rings is 1. The summed E-state index contributed by atoms with van der Waals surface area (Å²) in [6, 6.07) is 7.97. The maximum Gasteiger partial charge on any atom is 0.191 e. The Morgan fingerprint density at radius 1 is 1.25 bits per heavy atom. The Kier molecular flexibility index (Phi) is 10.8. The number of methoxy groups -OCH3 is 1. The summed E-state index contributed by atoms with van der Waals surface area (Å²) in [6.45, 7) is 6.12. The molecule has 0 atom stereocenters. The highest BCUT2D eigenvalue weighted by atomic mass is 127. The van der Waals surface area contributed by atoms with Crippen LogP contribution in [0.3, 0.4) is 0 Å². The van der Waals surface area contributed by atoms with Gasteiger partial charge in [-0.25, -0.2) is 4.99 Å². The topological polar surface area (TPSA) is 54.9 Å². The molecule has 0 heterocycles. The van der Waals surface area contributed by atoms with Gasteiger partial charge in [-0.3, -0.25) is 0 Å². The Bertz CT molecular complexity index is 493. The average molecular weight is 447 g/mol. The molecule has 1 aliphatic carbocycles. The van der Waals surface area contributed by atoms with Crippen LogP contribution in [-0.2, 0) is 11.3 Å². The molecule has 0 radical (unpaired) electrons. The summed E-state index contributed by atoms with van der Waals surface area (Å²) in [5.41, 5.74) is 1.08. The lowest BCUT2D eigenvalue weighted by Gasteiger charge is -2.12. The minimum absolute atomic E-state index is 0. The molecule has 1 aliphatic rings. The first-order chi connectivity index (χ1) is 11.3. The third-order valence-corrected chi connectivity index (χ3v) is 3.75. The van der Waals surface area contributed by atoms with E-state index in [4.69, 9.17) is 9.47 Å². The van der Waals surface area contributed by atoms with Gasteiger partial charge in [0.25, 0.3) is 0 Å². The maximum absolute atomic E-state index is 5.64. The third-order valence-electron chi connectivity index (χ3n) is 3.75. The van der Waals surface area contributed by atoms with Gasteiger partial charge in [0.1, 0.15) is 5.75 Å². The second-order valence-electron chi connectivity index (χ2n) is 5.81. The SMILES string of the molecule is CCNC(=NCc1ccccc1OC)NCCCOCC1CC1.I. The Hall–Kier alpha value is -1.02. The van der Waals surface area contributed by atoms with Crippen molar-refractivity contribution in [2.75, 3.05) is 33.4 Å². The molecule has 5 nitrogen and oxygen atoms in total. The molecule has 1 fully saturated rings. The average Bonchev–Trinajstić information content (AvgIpc) is 3.40. The molecule has 0 aliphatic heterocycles. The first-order valence-electron chi connectivity index (χ1n) is 8.55. The van der Waals surface area contributed by atoms with E-state index in [1.165, 1.54) is 12.8 Å². The summed E-state index contributed by atoms with van der Waals surface area (Å²) in [7, 11) is 1.69. The summed E-state index contributed by atoms with van der Waals surface area (Å²) in [6.07, 6.45) is 3.68. The first-order valence-corrected chi connectivity index (χ1v) is 8.55. The van der Waals surface area contributed by atoms with Crippen LogP contribution in [0.4, 0.5) is 0 Å². The molecule has 0 bridgehead atoms. The molecular formula is C18H30IN3O2. The number of hydrogen-bond acceptors (Lipinski definition) is 3. The largest absolute Gasteiger partial charge is 0.496 e. The molecule has 24 heavy (non-hydrogen) atoms. The maximum atomic E-state index is 5.64. The van der Waals surface area contributed by atoms with Crippen molar-refractivity contribution < 1.29 is 9.47 Å². The lowest BCUT2D eigenvalue weighted by atomic mass is 10.2. The number of nitrogens with one attached hydrogen (secondary N) is 2. The van der Waals surface area contributed by atoms with Crippen LogP contribution in [0.2, 0.25) is 0 Å². The lowest BCUT2D eigenvalue weighted by Crippen LogP contribution is -2.38. The summed E-state index contributed by atoms with van der Waals surface area (Å²) in [5, 5.41) is 6.62. The zero-order valence-electron chi connectivity index (χ0n) is 14.7. The van der Waals surface area contributed by atoms with Gasteiger partial charge in [0.05, 0.1) is 13.7 Å². The molecule has 6 heteroatoms. The minimum atomic E-state index is 0. The van der Waals surface area contributed by atoms with E-state index in [9.17, 15) is 0 Å². The Balaban J connectivity index is 0.00000288. The fourth-order valence-corrected chi connectivity index (χ4v) is 2.26. The van der Waals surface area contributed by atoms with Gasteiger partial charge in [-0.2, -0.15) is 0 Å². The van der Waals surface area contributed by atoms with E-state index in [2.05, 4.69) is 22.5 Å². The van der Waals surface area contributed by atoms with E-state index in [1.54, 1.807) is 7.11 Å². The van der Waals surface area contributed by atoms with Crippen molar-refractivity contribution in [3.63, 3.8) is 0 Å². The summed E-state index contributed by atoms with van der Waals surface area (Å²) < 4.78 is 11.0. The number of para-hydroxylation sites is 1. The summed E-state index contributed by atoms with van der Waals surface area (Å²) in [4.78, 5) is 4.62. The van der Waals surface area contributed by atoms with Crippen molar-refractivity contribution in [1.29, 1.82) is 0 Å². The fraction of sp³-hybridized carbons (Fsp3) is 0.611. The second kappa shape index (κ2) is 12.4. The van der Waals surface area contributed by atoms with E-state index >= 15 is 0 Å². The van der Waals surface area contributed by atoms with Crippen molar-refractivity contribution >= 4 is 29.9 Å². The zero-order valence-corrected chi connectivity index (χ0v) is 17.0. The lowest BCUT2D eigenvalue weighted by molar-refractivity contribution is 0.123. The molecule has 1 aromatic carbocycles. The number of guanidine groups is 1. The number of halogens is 1. The Morgan fingerprint density at radius 2 is 2.04 bits per heavy atom. The molecule has 1 saturated carbocycles. The molecular weight excluding hydrogens is 417 g/mol. The van der Waals surface area contributed by atoms with Crippen molar-refractivity contribution in [3.05, 3.63) is 29.8 Å². The van der Waals surface area contributed by atoms with Crippen LogP contribution in [0.5, 0.6) is 5.75 Å². The van der Waals surface area contributed by atoms with Crippen LogP contribution in [0.25, 0.3) is 0 Å². The minimum Gasteiger partial charge on any atom is -0.496 e. The molecule has 0 aromatic heterocycles. The van der Waals surface area contributed by atoms with E-state index in [-0.39, 0.29) is 24.0 Å². The second-order valence-corrected chi connectivity index (χ2v) is 5.81. The van der Waals surface area contributed by atoms with Gasteiger partial charge in [0.15, 0.2) is 5.96 Å². The Labute approximate surface area is 162 Å². The van der Waals surface area contributed by atoms with Gasteiger partial charge in [0, 0.05) is 31.9 Å². The number of rotatable bonds is 10. The normalized spacial score (nSPS) is 14.0. The van der Waals surface area contributed by atoms with E-state index in [0.717, 1.165) is 55.9 Å². The van der Waals surface area contributed by atoms with Crippen LogP contribution in [0, 0.1) is 5.92 Å². The smallest absolute Gasteiger partial charge is 0.191 e. The predicted octanol–water partition coefficient (Wildman–Crippen LogP) is 3.19. The third kappa shape index (κ3) is 8.19. The van der Waals surface area contributed by atoms with E-state index in [1.807, 2.05) is 24.3 Å². The number of nitrogens with zero attached hydrogens (tertiary/aromatic N) is 1. The molecule has 0 saturated heterocycles. The van der Waals surface area contributed by atoms with Crippen LogP contribution in [0.1, 0.15) is 31.7 Å². The standard InChI is InChI=1S/C18H29N3O2.HI/c1-3-19-18(20-11-6-12-23-14-15-9-10-15)21-13-16-7-4-5-8-17(16)22-2;/h4-5,7-8,15H,3,6,9-14H2,1-2H3,(H2,19,20,21);1H. The van der Waals surface area contributed by atoms with Crippen molar-refractivity contribution in [1.82, 2.24) is 10.6 Å². The van der Waals surface area contributed by atoms with E-state index in [0.29, 0.717) is 6.54 Å². The number of aliphatic imine (C=N–C) groups is 1. The number of ether oxygens (including phenoxy) is 2. The van der Waals surface area contributed by atoms with Gasteiger partial charge >= 0.3 is 0 Å². The van der Waals surface area contributed by atoms with Gasteiger partial charge < -0.3 is 20.1 Å². The van der Waals surface area contributed by atoms with Gasteiger partial charge in [-0.1, -0.05) is 18.2 Å². The van der Waals surface area contributed by atoms with Crippen LogP contribution in [0.15, 0.2) is 29.3 Å². The first kappa shape index (κ1) is 21.0. The van der Waals surface area contributed by atoms with Crippen molar-refractivity contribution in [2.45, 2.75) is 32.7 Å². The van der Waals surface area contributed by atoms with Gasteiger partial charge in [-0.05, 0) is 38.2 Å². The van der Waals surface area contributed by atoms with E-state index < -0.39 is 0 Å². The van der Waals surface area contributed by atoms with Crippen LogP contribution >= 0.6 is 24.0 Å². The van der Waals surface area contributed by atoms with Gasteiger partial charge in [-0.15, -0.1) is 24.0 Å². The quantitative estimate of drug-likeness (QED) is 0.251. The molecule has 0 unspecified atom stereocenters. The fourth-order valence-electron chi connectivity index (χ4n) is 2.26. The molecule has 136 valence electrons. The highest BCUT2D eigenvalue weighted by molar-refractivity contribution is 14.0. The highest BCUT2D eigenvalue weighted by Gasteiger charge is 2.20. The Morgan fingerprint density at radius 3 is 2.75 bits per heavy atom. The molecule has 2 rings (SSSR count). The monoisotopic (exact) mass is 447 g/mol. The van der Waals surface area contributed by atoms with Crippen LogP contribution < -0.4 is 15.4 Å². The molecule has 0 spiro atoms. The van der Waals surface area contributed by atoms with Crippen molar-refractivity contribution in [2.24, 2.45) is 10.9 Å². The summed E-state index contributed by atoms with van der Waals surface area (Å²) in [5.74, 6) is 2.55. The van der Waals surface area contributed by atoms with Crippen LogP contribution in [-0.4, -0.2) is 39.4 Å². The number of hydrogen-bond donors (Lipinski definition) is 2. The predicted molar refractivity (Wildman–Crippen MR) is 109 cm³/mol. The molecule has 0 amide bonds. The highest BCUT2D eigenvalue weighted by Crippen LogP contribution is 2.28. The van der Waals surface area contributed by atoms with Crippen molar-refractivity contribution in [3.8, 4) is 5.75 Å².